The number of hydrazine groups is 1. The van der Waals surface area contributed by atoms with Crippen molar-refractivity contribution in [3.05, 3.63) is 63.5 Å². The van der Waals surface area contributed by atoms with Crippen molar-refractivity contribution in [3.8, 4) is 0 Å². The Balaban J connectivity index is 1.90. The zero-order chi connectivity index (χ0) is 20.4. The molecule has 8 heteroatoms. The van der Waals surface area contributed by atoms with Crippen LogP contribution in [0.1, 0.15) is 46.2 Å². The molecule has 2 aromatic heterocycles. The molecule has 0 spiro atoms. The monoisotopic (exact) mass is 382 g/mol. The van der Waals surface area contributed by atoms with E-state index in [2.05, 4.69) is 16.0 Å². The fourth-order valence-electron chi connectivity index (χ4n) is 2.97. The first-order chi connectivity index (χ1) is 13.3. The first-order valence-electron chi connectivity index (χ1n) is 8.95. The van der Waals surface area contributed by atoms with Crippen LogP contribution in [0.2, 0.25) is 0 Å². The number of nitrogens with one attached hydrogen (secondary N) is 2. The van der Waals surface area contributed by atoms with Gasteiger partial charge in [-0.1, -0.05) is 32.0 Å². The van der Waals surface area contributed by atoms with Gasteiger partial charge in [0.2, 0.25) is 0 Å². The van der Waals surface area contributed by atoms with Gasteiger partial charge in [-0.3, -0.25) is 25.2 Å². The van der Waals surface area contributed by atoms with E-state index in [4.69, 9.17) is 4.42 Å². The summed E-state index contributed by atoms with van der Waals surface area (Å²) in [5.74, 6) is 0.123. The average Bonchev–Trinajstić information content (AvgIpc) is 2.99. The number of hydrogen-bond acceptors (Lipinski definition) is 5. The van der Waals surface area contributed by atoms with Crippen molar-refractivity contribution in [1.29, 1.82) is 0 Å². The second kappa shape index (κ2) is 7.67. The largest absolute Gasteiger partial charge is 0.466 e. The number of rotatable bonds is 4. The number of fused-ring (bicyclic) bond motifs is 1. The fourth-order valence-corrected chi connectivity index (χ4v) is 2.97. The molecule has 0 aliphatic carbocycles. The van der Waals surface area contributed by atoms with Crippen LogP contribution in [0.5, 0.6) is 0 Å². The smallest absolute Gasteiger partial charge is 0.290 e. The van der Waals surface area contributed by atoms with Crippen molar-refractivity contribution in [2.45, 2.75) is 34.2 Å². The number of benzene rings is 1. The first kappa shape index (κ1) is 19.3. The lowest BCUT2D eigenvalue weighted by molar-refractivity contribution is 0.0842. The van der Waals surface area contributed by atoms with Crippen LogP contribution in [0.15, 0.2) is 39.5 Å². The summed E-state index contributed by atoms with van der Waals surface area (Å²) in [5.41, 5.74) is 4.88. The molecule has 8 nitrogen and oxygen atoms in total. The quantitative estimate of drug-likeness (QED) is 0.674. The lowest BCUT2D eigenvalue weighted by atomic mass is 10.1. The van der Waals surface area contributed by atoms with Gasteiger partial charge in [-0.05, 0) is 31.9 Å². The van der Waals surface area contributed by atoms with E-state index >= 15 is 0 Å². The maximum atomic E-state index is 12.7. The van der Waals surface area contributed by atoms with Crippen molar-refractivity contribution in [2.75, 3.05) is 0 Å². The van der Waals surface area contributed by atoms with Gasteiger partial charge in [-0.2, -0.15) is 5.10 Å². The first-order valence-corrected chi connectivity index (χ1v) is 8.95. The summed E-state index contributed by atoms with van der Waals surface area (Å²) in [6, 6.07) is 8.36. The van der Waals surface area contributed by atoms with Crippen molar-refractivity contribution < 1.29 is 14.0 Å². The molecule has 0 atom stereocenters. The predicted octanol–water partition coefficient (Wildman–Crippen LogP) is 2.34. The summed E-state index contributed by atoms with van der Waals surface area (Å²) < 4.78 is 6.61. The molecule has 0 fully saturated rings. The highest BCUT2D eigenvalue weighted by Crippen LogP contribution is 2.15. The maximum absolute atomic E-state index is 12.7. The molecule has 0 saturated heterocycles. The summed E-state index contributed by atoms with van der Waals surface area (Å²) in [4.78, 5) is 37.6. The van der Waals surface area contributed by atoms with E-state index in [1.807, 2.05) is 13.8 Å². The van der Waals surface area contributed by atoms with Gasteiger partial charge in [0, 0.05) is 11.9 Å². The lowest BCUT2D eigenvalue weighted by Crippen LogP contribution is -2.43. The summed E-state index contributed by atoms with van der Waals surface area (Å²) in [5, 5.41) is 5.06. The van der Waals surface area contributed by atoms with Crippen LogP contribution in [0, 0.1) is 19.8 Å². The molecule has 28 heavy (non-hydrogen) atoms. The molecule has 0 radical (unpaired) electrons. The highest BCUT2D eigenvalue weighted by Gasteiger charge is 2.19. The maximum Gasteiger partial charge on any atom is 0.290 e. The van der Waals surface area contributed by atoms with Crippen molar-refractivity contribution >= 4 is 22.6 Å². The fraction of sp³-hybridized carbons (Fsp3) is 0.300. The van der Waals surface area contributed by atoms with E-state index in [1.54, 1.807) is 44.2 Å². The van der Waals surface area contributed by atoms with Crippen LogP contribution in [0.4, 0.5) is 0 Å². The van der Waals surface area contributed by atoms with Crippen molar-refractivity contribution in [1.82, 2.24) is 20.6 Å². The lowest BCUT2D eigenvalue weighted by Gasteiger charge is -2.13. The summed E-state index contributed by atoms with van der Waals surface area (Å²) >= 11 is 0. The van der Waals surface area contributed by atoms with Crippen molar-refractivity contribution in [2.24, 2.45) is 5.92 Å². The number of carbonyl (C=O) groups is 2. The second-order valence-corrected chi connectivity index (χ2v) is 7.01. The molecule has 0 aliphatic rings. The molecule has 3 rings (SSSR count). The van der Waals surface area contributed by atoms with Gasteiger partial charge < -0.3 is 4.42 Å². The Bertz CT molecular complexity index is 1110. The number of furan rings is 1. The standard InChI is InChI=1S/C20H22N4O4/c1-11(2)10-24-20(27)15-8-6-5-7-14(15)17(23-24)19(26)22-21-18(25)16-9-12(3)28-13(16)4/h5-9,11H,10H2,1-4H3,(H,21,25)(H,22,26). The van der Waals surface area contributed by atoms with E-state index in [0.29, 0.717) is 34.4 Å². The van der Waals surface area contributed by atoms with Gasteiger partial charge in [0.25, 0.3) is 17.4 Å². The Morgan fingerprint density at radius 1 is 1.11 bits per heavy atom. The van der Waals surface area contributed by atoms with E-state index < -0.39 is 11.8 Å². The van der Waals surface area contributed by atoms with Gasteiger partial charge in [0.05, 0.1) is 10.9 Å². The topological polar surface area (TPSA) is 106 Å². The van der Waals surface area contributed by atoms with E-state index in [1.165, 1.54) is 4.68 Å². The van der Waals surface area contributed by atoms with Crippen LogP contribution >= 0.6 is 0 Å². The zero-order valence-corrected chi connectivity index (χ0v) is 16.2. The minimum atomic E-state index is -0.611. The molecule has 2 heterocycles. The summed E-state index contributed by atoms with van der Waals surface area (Å²) in [6.45, 7) is 7.69. The summed E-state index contributed by atoms with van der Waals surface area (Å²) in [6.07, 6.45) is 0. The highest BCUT2D eigenvalue weighted by atomic mass is 16.3. The predicted molar refractivity (Wildman–Crippen MR) is 104 cm³/mol. The molecular weight excluding hydrogens is 360 g/mol. The third kappa shape index (κ3) is 3.80. The molecule has 0 saturated carbocycles. The van der Waals surface area contributed by atoms with E-state index in [0.717, 1.165) is 0 Å². The second-order valence-electron chi connectivity index (χ2n) is 7.01. The van der Waals surface area contributed by atoms with E-state index in [9.17, 15) is 14.4 Å². The van der Waals surface area contributed by atoms with Crippen LogP contribution in [0.25, 0.3) is 10.8 Å². The minimum absolute atomic E-state index is 0.0660. The molecule has 1 aromatic carbocycles. The van der Waals surface area contributed by atoms with Gasteiger partial charge in [-0.25, -0.2) is 4.68 Å². The highest BCUT2D eigenvalue weighted by molar-refractivity contribution is 6.06. The molecule has 0 bridgehead atoms. The number of carbonyl (C=O) groups excluding carboxylic acids is 2. The Morgan fingerprint density at radius 2 is 1.75 bits per heavy atom. The Hall–Kier alpha value is -3.42. The number of hydrogen-bond donors (Lipinski definition) is 2. The van der Waals surface area contributed by atoms with E-state index in [-0.39, 0.29) is 17.2 Å². The van der Waals surface area contributed by atoms with Gasteiger partial charge in [0.15, 0.2) is 5.69 Å². The van der Waals surface area contributed by atoms with Gasteiger partial charge in [0.1, 0.15) is 11.5 Å². The third-order valence-electron chi connectivity index (χ3n) is 4.20. The minimum Gasteiger partial charge on any atom is -0.466 e. The Kier molecular flexibility index (Phi) is 5.30. The SMILES string of the molecule is Cc1cc(C(=O)NNC(=O)c2nn(CC(C)C)c(=O)c3ccccc23)c(C)o1. The van der Waals surface area contributed by atoms with Crippen LogP contribution in [-0.2, 0) is 6.54 Å². The molecule has 3 aromatic rings. The van der Waals surface area contributed by atoms with Crippen molar-refractivity contribution in [3.63, 3.8) is 0 Å². The molecule has 146 valence electrons. The molecular formula is C20H22N4O4. The van der Waals surface area contributed by atoms with Crippen LogP contribution in [0.3, 0.4) is 0 Å². The number of nitrogens with zero attached hydrogens (tertiary/aromatic N) is 2. The summed E-state index contributed by atoms with van der Waals surface area (Å²) in [7, 11) is 0. The molecule has 2 N–H and O–H groups in total. The molecule has 2 amide bonds. The molecule has 0 aliphatic heterocycles. The molecule has 0 unspecified atom stereocenters. The Labute approximate surface area is 161 Å². The third-order valence-corrected chi connectivity index (χ3v) is 4.20. The zero-order valence-electron chi connectivity index (χ0n) is 16.2. The average molecular weight is 382 g/mol. The number of aromatic nitrogens is 2. The normalized spacial score (nSPS) is 11.0. The van der Waals surface area contributed by atoms with Gasteiger partial charge >= 0.3 is 0 Å². The van der Waals surface area contributed by atoms with Crippen LogP contribution < -0.4 is 16.4 Å². The van der Waals surface area contributed by atoms with Crippen LogP contribution in [-0.4, -0.2) is 21.6 Å². The Morgan fingerprint density at radius 3 is 2.36 bits per heavy atom. The number of aryl methyl sites for hydroxylation is 2. The van der Waals surface area contributed by atoms with Gasteiger partial charge in [-0.15, -0.1) is 0 Å². The number of amides is 2.